The molecule has 1 aromatic heterocycles. The Bertz CT molecular complexity index is 1130. The van der Waals surface area contributed by atoms with E-state index in [2.05, 4.69) is 15.5 Å². The summed E-state index contributed by atoms with van der Waals surface area (Å²) in [6.07, 6.45) is 0. The first-order chi connectivity index (χ1) is 13.8. The van der Waals surface area contributed by atoms with Gasteiger partial charge in [-0.15, -0.1) is 10.2 Å². The third-order valence-corrected chi connectivity index (χ3v) is 6.17. The Morgan fingerprint density at radius 1 is 1.17 bits per heavy atom. The number of carbonyl (C=O) groups is 1. The minimum Gasteiger partial charge on any atom is -0.325 e. The summed E-state index contributed by atoms with van der Waals surface area (Å²) in [5, 5.41) is 17.3. The number of carbonyl (C=O) groups excluding carboxylic acids is 1. The summed E-state index contributed by atoms with van der Waals surface area (Å²) in [7, 11) is -3.77. The monoisotopic (exact) mass is 451 g/mol. The Morgan fingerprint density at radius 3 is 2.48 bits per heavy atom. The number of thioether (sulfide) groups is 1. The molecule has 0 saturated heterocycles. The molecule has 1 amide bonds. The predicted octanol–water partition coefficient (Wildman–Crippen LogP) is 3.00. The number of hydrogen-bond acceptors (Lipinski definition) is 6. The normalized spacial score (nSPS) is 11.4. The van der Waals surface area contributed by atoms with Crippen LogP contribution in [0.2, 0.25) is 5.02 Å². The van der Waals surface area contributed by atoms with Crippen molar-refractivity contribution in [2.75, 3.05) is 11.1 Å². The van der Waals surface area contributed by atoms with Gasteiger partial charge in [-0.2, -0.15) is 0 Å². The van der Waals surface area contributed by atoms with E-state index in [1.807, 2.05) is 29.7 Å². The molecule has 3 rings (SSSR count). The summed E-state index contributed by atoms with van der Waals surface area (Å²) >= 11 is 7.50. The van der Waals surface area contributed by atoms with Crippen LogP contribution < -0.4 is 10.5 Å². The largest absolute Gasteiger partial charge is 0.325 e. The van der Waals surface area contributed by atoms with E-state index in [-0.39, 0.29) is 16.6 Å². The molecule has 0 spiro atoms. The number of nitrogens with one attached hydrogen (secondary N) is 1. The van der Waals surface area contributed by atoms with Crippen LogP contribution in [0.3, 0.4) is 0 Å². The Kier molecular flexibility index (Phi) is 6.58. The highest BCUT2D eigenvalue weighted by atomic mass is 35.5. The highest BCUT2D eigenvalue weighted by Gasteiger charge is 2.16. The average Bonchev–Trinajstić information content (AvgIpc) is 3.09. The number of hydrogen-bond donors (Lipinski definition) is 2. The summed E-state index contributed by atoms with van der Waals surface area (Å²) in [5.41, 5.74) is 1.24. The van der Waals surface area contributed by atoms with Gasteiger partial charge in [0, 0.05) is 17.8 Å². The van der Waals surface area contributed by atoms with Gasteiger partial charge in [0.25, 0.3) is 0 Å². The van der Waals surface area contributed by atoms with Gasteiger partial charge in [-0.3, -0.25) is 4.79 Å². The number of sulfonamides is 1. The van der Waals surface area contributed by atoms with E-state index in [1.54, 1.807) is 6.07 Å². The van der Waals surface area contributed by atoms with Crippen molar-refractivity contribution in [3.05, 3.63) is 53.6 Å². The van der Waals surface area contributed by atoms with Crippen molar-refractivity contribution in [1.82, 2.24) is 14.8 Å². The lowest BCUT2D eigenvalue weighted by atomic mass is 10.2. The van der Waals surface area contributed by atoms with Crippen molar-refractivity contribution < 1.29 is 13.2 Å². The third kappa shape index (κ3) is 5.15. The van der Waals surface area contributed by atoms with Gasteiger partial charge in [0.2, 0.25) is 15.9 Å². The summed E-state index contributed by atoms with van der Waals surface area (Å²) in [5.74, 6) is 0.486. The number of benzene rings is 2. The molecule has 3 N–H and O–H groups in total. The molecule has 0 unspecified atom stereocenters. The van der Waals surface area contributed by atoms with Gasteiger partial charge in [-0.25, -0.2) is 13.6 Å². The third-order valence-electron chi connectivity index (χ3n) is 3.95. The van der Waals surface area contributed by atoms with Gasteiger partial charge in [0.15, 0.2) is 11.0 Å². The summed E-state index contributed by atoms with van der Waals surface area (Å²) in [6, 6.07) is 13.0. The molecule has 0 fully saturated rings. The van der Waals surface area contributed by atoms with Crippen LogP contribution in [0.5, 0.6) is 0 Å². The smallest absolute Gasteiger partial charge is 0.238 e. The number of rotatable bonds is 7. The molecule has 0 aliphatic heterocycles. The highest BCUT2D eigenvalue weighted by Crippen LogP contribution is 2.29. The van der Waals surface area contributed by atoms with Crippen molar-refractivity contribution in [2.24, 2.45) is 5.14 Å². The van der Waals surface area contributed by atoms with E-state index in [0.29, 0.717) is 28.2 Å². The Balaban J connectivity index is 1.67. The molecule has 3 aromatic rings. The minimum absolute atomic E-state index is 0.0203. The minimum atomic E-state index is -3.77. The van der Waals surface area contributed by atoms with E-state index in [0.717, 1.165) is 5.56 Å². The van der Waals surface area contributed by atoms with Gasteiger partial charge >= 0.3 is 0 Å². The molecule has 152 valence electrons. The fourth-order valence-electron chi connectivity index (χ4n) is 2.58. The molecule has 0 aliphatic carbocycles. The molecule has 0 bridgehead atoms. The lowest BCUT2D eigenvalue weighted by molar-refractivity contribution is -0.113. The maximum atomic E-state index is 12.2. The van der Waals surface area contributed by atoms with Crippen LogP contribution in [0.25, 0.3) is 11.4 Å². The second kappa shape index (κ2) is 8.95. The average molecular weight is 452 g/mol. The lowest BCUT2D eigenvalue weighted by Gasteiger charge is -2.09. The molecular formula is C18H18ClN5O3S2. The van der Waals surface area contributed by atoms with Crippen LogP contribution >= 0.6 is 23.4 Å². The second-order valence-corrected chi connectivity index (χ2v) is 8.85. The van der Waals surface area contributed by atoms with Gasteiger partial charge in [0.05, 0.1) is 15.7 Å². The van der Waals surface area contributed by atoms with E-state index in [4.69, 9.17) is 16.7 Å². The van der Waals surface area contributed by atoms with E-state index in [9.17, 15) is 13.2 Å². The van der Waals surface area contributed by atoms with Crippen LogP contribution in [0.4, 0.5) is 5.69 Å². The summed E-state index contributed by atoms with van der Waals surface area (Å²) in [4.78, 5) is 12.2. The zero-order valence-corrected chi connectivity index (χ0v) is 17.8. The second-order valence-electron chi connectivity index (χ2n) is 5.94. The SMILES string of the molecule is CCn1c(SCC(=O)Nc2ccc(S(N)(=O)=O)cc2)nnc1-c1ccccc1Cl. The first kappa shape index (κ1) is 21.3. The Morgan fingerprint density at radius 2 is 1.86 bits per heavy atom. The topological polar surface area (TPSA) is 120 Å². The molecule has 11 heteroatoms. The molecule has 0 atom stereocenters. The zero-order chi connectivity index (χ0) is 21.0. The van der Waals surface area contributed by atoms with Crippen molar-refractivity contribution in [1.29, 1.82) is 0 Å². The van der Waals surface area contributed by atoms with Gasteiger partial charge in [-0.05, 0) is 43.3 Å². The maximum Gasteiger partial charge on any atom is 0.238 e. The molecule has 1 heterocycles. The Hall–Kier alpha value is -2.40. The molecule has 0 saturated carbocycles. The zero-order valence-electron chi connectivity index (χ0n) is 15.4. The lowest BCUT2D eigenvalue weighted by Crippen LogP contribution is -2.15. The predicted molar refractivity (Wildman–Crippen MR) is 113 cm³/mol. The molecular weight excluding hydrogens is 434 g/mol. The Labute approximate surface area is 177 Å². The van der Waals surface area contributed by atoms with Crippen LogP contribution in [0.1, 0.15) is 6.92 Å². The first-order valence-corrected chi connectivity index (χ1v) is 11.4. The van der Waals surface area contributed by atoms with Crippen molar-refractivity contribution in [2.45, 2.75) is 23.5 Å². The molecule has 2 aromatic carbocycles. The van der Waals surface area contributed by atoms with Gasteiger partial charge in [-0.1, -0.05) is 35.5 Å². The highest BCUT2D eigenvalue weighted by molar-refractivity contribution is 7.99. The maximum absolute atomic E-state index is 12.2. The fourth-order valence-corrected chi connectivity index (χ4v) is 4.12. The van der Waals surface area contributed by atoms with Gasteiger partial charge in [0.1, 0.15) is 0 Å². The number of amides is 1. The first-order valence-electron chi connectivity index (χ1n) is 8.53. The fraction of sp³-hybridized carbons (Fsp3) is 0.167. The van der Waals surface area contributed by atoms with Crippen LogP contribution in [0, 0.1) is 0 Å². The summed E-state index contributed by atoms with van der Waals surface area (Å²) < 4.78 is 24.4. The number of nitrogens with zero attached hydrogens (tertiary/aromatic N) is 3. The van der Waals surface area contributed by atoms with Crippen LogP contribution in [-0.4, -0.2) is 34.8 Å². The van der Waals surface area contributed by atoms with E-state index >= 15 is 0 Å². The number of primary sulfonamides is 1. The number of anilines is 1. The number of nitrogens with two attached hydrogens (primary N) is 1. The standard InChI is InChI=1S/C18H18ClN5O3S2/c1-2-24-17(14-5-3-4-6-15(14)19)22-23-18(24)28-11-16(25)21-12-7-9-13(10-8-12)29(20,26)27/h3-10H,2,11H2,1H3,(H,21,25)(H2,20,26,27). The van der Waals surface area contributed by atoms with E-state index < -0.39 is 10.0 Å². The van der Waals surface area contributed by atoms with Crippen molar-refractivity contribution in [3.63, 3.8) is 0 Å². The van der Waals surface area contributed by atoms with Gasteiger partial charge < -0.3 is 9.88 Å². The molecule has 0 aliphatic rings. The van der Waals surface area contributed by atoms with Crippen molar-refractivity contribution >= 4 is 45.0 Å². The molecule has 29 heavy (non-hydrogen) atoms. The van der Waals surface area contributed by atoms with Crippen LogP contribution in [0.15, 0.2) is 58.6 Å². The quantitative estimate of drug-likeness (QED) is 0.533. The molecule has 8 nitrogen and oxygen atoms in total. The van der Waals surface area contributed by atoms with E-state index in [1.165, 1.54) is 36.0 Å². The molecule has 0 radical (unpaired) electrons. The number of aromatic nitrogens is 3. The summed E-state index contributed by atoms with van der Waals surface area (Å²) in [6.45, 7) is 2.58. The number of halogens is 1. The van der Waals surface area contributed by atoms with Crippen LogP contribution in [-0.2, 0) is 21.4 Å². The van der Waals surface area contributed by atoms with Crippen molar-refractivity contribution in [3.8, 4) is 11.4 Å².